The highest BCUT2D eigenvalue weighted by atomic mass is 32.2. The molecule has 0 spiro atoms. The van der Waals surface area contributed by atoms with Crippen LogP contribution >= 0.6 is 72.3 Å². The van der Waals surface area contributed by atoms with E-state index in [1.165, 1.54) is 20.0 Å². The number of rotatable bonds is 0. The molecule has 0 aromatic heterocycles. The van der Waals surface area contributed by atoms with Crippen LogP contribution in [0.4, 0.5) is 0 Å². The van der Waals surface area contributed by atoms with E-state index in [0.29, 0.717) is 0 Å². The summed E-state index contributed by atoms with van der Waals surface area (Å²) >= 11 is 16.1. The third-order valence-electron chi connectivity index (χ3n) is 1.28. The van der Waals surface area contributed by atoms with Crippen LogP contribution < -0.4 is 0 Å². The Labute approximate surface area is 100.0 Å². The van der Waals surface area contributed by atoms with Crippen molar-refractivity contribution in [2.45, 2.75) is 0 Å². The van der Waals surface area contributed by atoms with Gasteiger partial charge in [0.05, 0.1) is 16.9 Å². The zero-order chi connectivity index (χ0) is 8.55. The van der Waals surface area contributed by atoms with Gasteiger partial charge in [0.2, 0.25) is 0 Å². The van der Waals surface area contributed by atoms with Crippen LogP contribution in [0.15, 0.2) is 16.9 Å². The molecule has 66 valence electrons. The van der Waals surface area contributed by atoms with E-state index in [9.17, 15) is 0 Å². The van der Waals surface area contributed by atoms with E-state index in [0.717, 1.165) is 8.47 Å². The van der Waals surface area contributed by atoms with Crippen molar-refractivity contribution in [3.8, 4) is 0 Å². The van der Waals surface area contributed by atoms with Crippen molar-refractivity contribution in [1.82, 2.24) is 0 Å². The SMILES string of the molecule is SC1=C(S)SC2=C(SCCS2)S1. The van der Waals surface area contributed by atoms with E-state index in [2.05, 4.69) is 25.3 Å². The molecule has 0 aliphatic carbocycles. The Morgan fingerprint density at radius 2 is 1.25 bits per heavy atom. The molecule has 0 aromatic rings. The van der Waals surface area contributed by atoms with E-state index < -0.39 is 0 Å². The molecule has 0 unspecified atom stereocenters. The molecule has 12 heavy (non-hydrogen) atoms. The summed E-state index contributed by atoms with van der Waals surface area (Å²) in [7, 11) is 0. The van der Waals surface area contributed by atoms with Crippen LogP contribution in [-0.2, 0) is 0 Å². The summed E-state index contributed by atoms with van der Waals surface area (Å²) < 4.78 is 4.91. The fourth-order valence-electron chi connectivity index (χ4n) is 0.792. The molecule has 0 nitrogen and oxygen atoms in total. The minimum atomic E-state index is 1.04. The molecule has 0 atom stereocenters. The van der Waals surface area contributed by atoms with E-state index in [4.69, 9.17) is 0 Å². The molecular weight excluding hydrogens is 264 g/mol. The van der Waals surface area contributed by atoms with Crippen LogP contribution in [0.5, 0.6) is 0 Å². The zero-order valence-electron chi connectivity index (χ0n) is 5.94. The molecule has 0 saturated carbocycles. The average molecular weight is 271 g/mol. The molecule has 0 N–H and O–H groups in total. The maximum atomic E-state index is 4.36. The molecule has 6 heteroatoms. The molecule has 2 heterocycles. The van der Waals surface area contributed by atoms with Crippen molar-refractivity contribution < 1.29 is 0 Å². The third kappa shape index (κ3) is 2.15. The second-order valence-electron chi connectivity index (χ2n) is 2.09. The fraction of sp³-hybridized carbons (Fsp3) is 0.333. The summed E-state index contributed by atoms with van der Waals surface area (Å²) in [6, 6.07) is 0. The molecule has 0 fully saturated rings. The molecule has 0 saturated heterocycles. The average Bonchev–Trinajstić information content (AvgIpc) is 2.07. The van der Waals surface area contributed by atoms with Gasteiger partial charge in [-0.1, -0.05) is 23.5 Å². The van der Waals surface area contributed by atoms with E-state index >= 15 is 0 Å². The lowest BCUT2D eigenvalue weighted by Gasteiger charge is -2.22. The number of thiol groups is 2. The van der Waals surface area contributed by atoms with Crippen molar-refractivity contribution in [3.63, 3.8) is 0 Å². The number of thioether (sulfide) groups is 4. The van der Waals surface area contributed by atoms with Gasteiger partial charge in [-0.15, -0.1) is 48.8 Å². The fourth-order valence-corrected chi connectivity index (χ4v) is 6.88. The Morgan fingerprint density at radius 1 is 0.833 bits per heavy atom. The summed E-state index contributed by atoms with van der Waals surface area (Å²) in [4.78, 5) is 0. The number of hydrogen-bond donors (Lipinski definition) is 2. The van der Waals surface area contributed by atoms with Gasteiger partial charge in [-0.05, 0) is 0 Å². The first-order valence-electron chi connectivity index (χ1n) is 3.25. The summed E-state index contributed by atoms with van der Waals surface area (Å²) in [5.41, 5.74) is 0. The maximum absolute atomic E-state index is 4.36. The lowest BCUT2D eigenvalue weighted by Crippen LogP contribution is -1.95. The lowest BCUT2D eigenvalue weighted by atomic mass is 11.0. The van der Waals surface area contributed by atoms with Gasteiger partial charge in [0.25, 0.3) is 0 Å². The first-order valence-corrected chi connectivity index (χ1v) is 7.75. The van der Waals surface area contributed by atoms with E-state index in [-0.39, 0.29) is 0 Å². The van der Waals surface area contributed by atoms with Crippen molar-refractivity contribution in [2.75, 3.05) is 11.5 Å². The standard InChI is InChI=1S/C6H6S6/c7-3-4(8)12-6-5(11-3)9-1-2-10-6/h7-8H,1-2H2. The van der Waals surface area contributed by atoms with Gasteiger partial charge in [-0.2, -0.15) is 0 Å². The molecule has 0 radical (unpaired) electrons. The van der Waals surface area contributed by atoms with Gasteiger partial charge in [-0.3, -0.25) is 0 Å². The second kappa shape index (κ2) is 4.40. The van der Waals surface area contributed by atoms with Gasteiger partial charge >= 0.3 is 0 Å². The van der Waals surface area contributed by atoms with Crippen LogP contribution in [0.1, 0.15) is 0 Å². The topological polar surface area (TPSA) is 0 Å². The monoisotopic (exact) mass is 270 g/mol. The van der Waals surface area contributed by atoms with Crippen molar-refractivity contribution >= 4 is 72.3 Å². The summed E-state index contributed by atoms with van der Waals surface area (Å²) in [6.45, 7) is 0. The van der Waals surface area contributed by atoms with Crippen LogP contribution in [0.25, 0.3) is 0 Å². The Morgan fingerprint density at radius 3 is 1.67 bits per heavy atom. The molecule has 0 amide bonds. The molecular formula is C6H6S6. The quantitative estimate of drug-likeness (QED) is 0.637. The van der Waals surface area contributed by atoms with Crippen LogP contribution in [0, 0.1) is 0 Å². The normalized spacial score (nSPS) is 24.5. The van der Waals surface area contributed by atoms with E-state index in [1.807, 2.05) is 23.5 Å². The Bertz CT molecular complexity index is 239. The smallest absolute Gasteiger partial charge is 0.0660 e. The third-order valence-corrected chi connectivity index (χ3v) is 8.19. The highest BCUT2D eigenvalue weighted by molar-refractivity contribution is 8.37. The summed E-state index contributed by atoms with van der Waals surface area (Å²) in [5, 5.41) is 0. The first-order chi connectivity index (χ1) is 5.77. The maximum Gasteiger partial charge on any atom is 0.0660 e. The molecule has 0 bridgehead atoms. The van der Waals surface area contributed by atoms with Crippen molar-refractivity contribution in [2.24, 2.45) is 0 Å². The molecule has 2 aliphatic heterocycles. The summed E-state index contributed by atoms with van der Waals surface area (Å²) in [5.74, 6) is 2.44. The zero-order valence-corrected chi connectivity index (χ0v) is 11.0. The minimum Gasteiger partial charge on any atom is -0.135 e. The largest absolute Gasteiger partial charge is 0.135 e. The molecule has 2 rings (SSSR count). The van der Waals surface area contributed by atoms with Gasteiger partial charge in [0.1, 0.15) is 0 Å². The highest BCUT2D eigenvalue weighted by Gasteiger charge is 2.22. The van der Waals surface area contributed by atoms with Crippen LogP contribution in [0.2, 0.25) is 0 Å². The molecule has 0 aromatic carbocycles. The Kier molecular flexibility index (Phi) is 3.71. The van der Waals surface area contributed by atoms with Crippen LogP contribution in [0.3, 0.4) is 0 Å². The van der Waals surface area contributed by atoms with Crippen molar-refractivity contribution in [3.05, 3.63) is 16.9 Å². The molecule has 2 aliphatic rings. The number of hydrogen-bond acceptors (Lipinski definition) is 6. The predicted octanol–water partition coefficient (Wildman–Crippen LogP) is 4.06. The lowest BCUT2D eigenvalue weighted by molar-refractivity contribution is 1.56. The Hall–Kier alpha value is 1.58. The van der Waals surface area contributed by atoms with E-state index in [1.54, 1.807) is 23.5 Å². The minimum absolute atomic E-state index is 1.04. The van der Waals surface area contributed by atoms with Gasteiger partial charge in [-0.25, -0.2) is 0 Å². The second-order valence-corrected chi connectivity index (χ2v) is 8.35. The van der Waals surface area contributed by atoms with Gasteiger partial charge < -0.3 is 0 Å². The van der Waals surface area contributed by atoms with Gasteiger partial charge in [0.15, 0.2) is 0 Å². The Balaban J connectivity index is 2.20. The first kappa shape index (κ1) is 10.1. The predicted molar refractivity (Wildman–Crippen MR) is 72.1 cm³/mol. The van der Waals surface area contributed by atoms with Crippen molar-refractivity contribution in [1.29, 1.82) is 0 Å². The summed E-state index contributed by atoms with van der Waals surface area (Å²) in [6.07, 6.45) is 0. The van der Waals surface area contributed by atoms with Crippen LogP contribution in [-0.4, -0.2) is 11.5 Å². The highest BCUT2D eigenvalue weighted by Crippen LogP contribution is 2.56. The van der Waals surface area contributed by atoms with Gasteiger partial charge in [0, 0.05) is 11.5 Å².